The summed E-state index contributed by atoms with van der Waals surface area (Å²) >= 11 is 13.5. The number of nitrogens with zero attached hydrogens (tertiary/aromatic N) is 2. The number of aromatic amines is 1. The van der Waals surface area contributed by atoms with Gasteiger partial charge in [-0.3, -0.25) is 14.4 Å². The maximum Gasteiger partial charge on any atom is 0.331 e. The molecule has 1 fully saturated rings. The summed E-state index contributed by atoms with van der Waals surface area (Å²) in [5.41, 5.74) is 0.887. The first-order valence-electron chi connectivity index (χ1n) is 14.3. The van der Waals surface area contributed by atoms with Gasteiger partial charge in [-0.05, 0) is 59.9 Å². The van der Waals surface area contributed by atoms with E-state index < -0.39 is 35.2 Å². The van der Waals surface area contributed by atoms with Crippen molar-refractivity contribution >= 4 is 63.7 Å². The number of aromatic nitrogens is 2. The Kier molecular flexibility index (Phi) is 11.0. The molecule has 46 heavy (non-hydrogen) atoms. The summed E-state index contributed by atoms with van der Waals surface area (Å²) in [4.78, 5) is 58.7. The van der Waals surface area contributed by atoms with Crippen molar-refractivity contribution in [3.8, 4) is 17.1 Å². The number of ether oxygens (including phenoxy) is 3. The minimum Gasteiger partial charge on any atom is -0.489 e. The van der Waals surface area contributed by atoms with Gasteiger partial charge in [0.25, 0.3) is 5.56 Å². The monoisotopic (exact) mass is 688 g/mol. The van der Waals surface area contributed by atoms with Gasteiger partial charge >= 0.3 is 5.97 Å². The first kappa shape index (κ1) is 33.5. The lowest BCUT2D eigenvalue weighted by molar-refractivity contribution is -0.160. The number of carboxylic acid groups (broad SMARTS) is 1. The predicted octanol–water partition coefficient (Wildman–Crippen LogP) is 4.01. The molecular weight excluding hydrogens is 659 g/mol. The van der Waals surface area contributed by atoms with Crippen molar-refractivity contribution in [1.29, 1.82) is 0 Å². The Bertz CT molecular complexity index is 1760. The molecule has 2 unspecified atom stereocenters. The molecule has 0 radical (unpaired) electrons. The van der Waals surface area contributed by atoms with E-state index in [-0.39, 0.29) is 31.2 Å². The Morgan fingerprint density at radius 3 is 2.65 bits per heavy atom. The molecular formula is C31H30Cl2N4O8S. The number of nitrogens with one attached hydrogen (secondary N) is 2. The largest absolute Gasteiger partial charge is 0.489 e. The molecule has 1 saturated heterocycles. The van der Waals surface area contributed by atoms with E-state index in [1.165, 1.54) is 22.7 Å². The number of hydrogen-bond donors (Lipinski definition) is 3. The van der Waals surface area contributed by atoms with Crippen molar-refractivity contribution in [2.24, 2.45) is 0 Å². The molecule has 2 aromatic carbocycles. The highest BCUT2D eigenvalue weighted by molar-refractivity contribution is 8.03. The lowest BCUT2D eigenvalue weighted by atomic mass is 9.97. The van der Waals surface area contributed by atoms with Crippen LogP contribution in [0.15, 0.2) is 64.3 Å². The normalized spacial score (nSPS) is 19.1. The van der Waals surface area contributed by atoms with Crippen LogP contribution in [0.5, 0.6) is 5.75 Å². The lowest BCUT2D eigenvalue weighted by Crippen LogP contribution is -2.74. The third-order valence-corrected chi connectivity index (χ3v) is 8.69. The smallest absolute Gasteiger partial charge is 0.331 e. The van der Waals surface area contributed by atoms with Gasteiger partial charge in [-0.1, -0.05) is 36.2 Å². The molecule has 2 aliphatic heterocycles. The maximum atomic E-state index is 12.9. The molecule has 0 saturated carbocycles. The number of carbonyl (C=O) groups excluding carboxylic acids is 2. The molecule has 5 rings (SSSR count). The second-order valence-electron chi connectivity index (χ2n) is 10.3. The molecule has 0 bridgehead atoms. The first-order chi connectivity index (χ1) is 22.2. The molecule has 2 amide bonds. The number of amides is 2. The topological polar surface area (TPSA) is 160 Å². The van der Waals surface area contributed by atoms with E-state index in [4.69, 9.17) is 37.4 Å². The number of thioether (sulfide) groups is 1. The van der Waals surface area contributed by atoms with Gasteiger partial charge in [0.1, 0.15) is 36.2 Å². The van der Waals surface area contributed by atoms with Gasteiger partial charge in [0, 0.05) is 16.7 Å². The third-order valence-electron chi connectivity index (χ3n) is 7.03. The summed E-state index contributed by atoms with van der Waals surface area (Å²) in [5.74, 6) is -1.55. The second kappa shape index (κ2) is 15.1. The van der Waals surface area contributed by atoms with Gasteiger partial charge in [-0.15, -0.1) is 11.8 Å². The van der Waals surface area contributed by atoms with Gasteiger partial charge in [0.15, 0.2) is 6.04 Å². The SMILES string of the molecule is CCCOCCOCC(=O)N[C@@H]1C(=O)N2C(C(=O)O)C(/C=C/COc3ccc(Cl)cc3-c3nc4ccc(Cl)cc4c(=O)[nH]3)=CSC12. The first-order valence-corrected chi connectivity index (χ1v) is 16.0. The van der Waals surface area contributed by atoms with Crippen LogP contribution in [-0.2, 0) is 23.9 Å². The van der Waals surface area contributed by atoms with Crippen LogP contribution in [0, 0.1) is 0 Å². The maximum absolute atomic E-state index is 12.9. The highest BCUT2D eigenvalue weighted by atomic mass is 35.5. The number of carboxylic acids is 1. The van der Waals surface area contributed by atoms with Crippen LogP contribution in [0.4, 0.5) is 0 Å². The molecule has 2 aliphatic rings. The Labute approximate surface area is 277 Å². The zero-order valence-corrected chi connectivity index (χ0v) is 26.9. The van der Waals surface area contributed by atoms with Crippen LogP contribution < -0.4 is 15.6 Å². The number of benzene rings is 2. The number of halogens is 2. The van der Waals surface area contributed by atoms with Crippen LogP contribution in [0.2, 0.25) is 10.0 Å². The number of β-lactam (4-membered cyclic amide) rings is 1. The fourth-order valence-electron chi connectivity index (χ4n) is 4.92. The molecule has 12 nitrogen and oxygen atoms in total. The number of H-pyrrole nitrogens is 1. The second-order valence-corrected chi connectivity index (χ2v) is 12.1. The minimum absolute atomic E-state index is 0.0238. The minimum atomic E-state index is -1.23. The van der Waals surface area contributed by atoms with Crippen molar-refractivity contribution in [1.82, 2.24) is 20.2 Å². The molecule has 0 spiro atoms. The number of aliphatic carboxylic acids is 1. The standard InChI is InChI=1S/C31H30Cl2N4O8S/c1-2-9-43-11-12-44-15-24(38)35-25-29(40)37-26(31(41)42)17(16-46-30(25)37)4-3-10-45-23-8-6-19(33)14-21(23)27-34-22-7-5-18(32)13-20(22)28(39)36-27/h3-8,13-14,16,25-26,30H,2,9-12,15H2,1H3,(H,35,38)(H,41,42)(H,34,36,39)/b4-3+/t25-,26?,30?/m1/s1. The Morgan fingerprint density at radius 2 is 1.87 bits per heavy atom. The summed E-state index contributed by atoms with van der Waals surface area (Å²) in [7, 11) is 0. The van der Waals surface area contributed by atoms with Crippen LogP contribution in [0.1, 0.15) is 13.3 Å². The van der Waals surface area contributed by atoms with E-state index in [1.54, 1.807) is 47.9 Å². The van der Waals surface area contributed by atoms with E-state index in [1.807, 2.05) is 6.92 Å². The molecule has 3 aromatic rings. The van der Waals surface area contributed by atoms with E-state index in [9.17, 15) is 24.3 Å². The van der Waals surface area contributed by atoms with Crippen molar-refractivity contribution in [3.63, 3.8) is 0 Å². The number of rotatable bonds is 14. The van der Waals surface area contributed by atoms with Crippen LogP contribution in [0.3, 0.4) is 0 Å². The Balaban J connectivity index is 1.22. The van der Waals surface area contributed by atoms with Gasteiger partial charge in [0.2, 0.25) is 11.8 Å². The average molecular weight is 690 g/mol. The van der Waals surface area contributed by atoms with Crippen LogP contribution in [-0.4, -0.2) is 88.3 Å². The number of fused-ring (bicyclic) bond motifs is 2. The molecule has 1 aromatic heterocycles. The van der Waals surface area contributed by atoms with Crippen molar-refractivity contribution < 1.29 is 33.7 Å². The van der Waals surface area contributed by atoms with Crippen molar-refractivity contribution in [2.75, 3.05) is 33.0 Å². The van der Waals surface area contributed by atoms with Gasteiger partial charge in [0.05, 0.1) is 29.7 Å². The van der Waals surface area contributed by atoms with E-state index >= 15 is 0 Å². The summed E-state index contributed by atoms with van der Waals surface area (Å²) in [5, 5.41) is 14.8. The lowest BCUT2D eigenvalue weighted by Gasteiger charge is -2.51. The molecule has 3 N–H and O–H groups in total. The summed E-state index contributed by atoms with van der Waals surface area (Å²) in [6, 6.07) is 7.59. The number of hydrogen-bond acceptors (Lipinski definition) is 9. The highest BCUT2D eigenvalue weighted by Crippen LogP contribution is 2.40. The molecule has 242 valence electrons. The number of carbonyl (C=O) groups is 3. The third kappa shape index (κ3) is 7.56. The molecule has 15 heteroatoms. The highest BCUT2D eigenvalue weighted by Gasteiger charge is 2.55. The summed E-state index contributed by atoms with van der Waals surface area (Å²) in [6.45, 7) is 2.99. The molecule has 0 aliphatic carbocycles. The fraction of sp³-hybridized carbons (Fsp3) is 0.323. The summed E-state index contributed by atoms with van der Waals surface area (Å²) < 4.78 is 16.5. The Morgan fingerprint density at radius 1 is 1.11 bits per heavy atom. The van der Waals surface area contributed by atoms with Crippen molar-refractivity contribution in [3.05, 3.63) is 79.9 Å². The van der Waals surface area contributed by atoms with E-state index in [0.29, 0.717) is 51.0 Å². The van der Waals surface area contributed by atoms with E-state index in [0.717, 1.165) is 6.42 Å². The van der Waals surface area contributed by atoms with Crippen LogP contribution >= 0.6 is 35.0 Å². The van der Waals surface area contributed by atoms with Crippen molar-refractivity contribution in [2.45, 2.75) is 30.8 Å². The Hall–Kier alpha value is -3.88. The summed E-state index contributed by atoms with van der Waals surface area (Å²) in [6.07, 6.45) is 4.07. The van der Waals surface area contributed by atoms with Gasteiger partial charge < -0.3 is 34.5 Å². The zero-order chi connectivity index (χ0) is 32.8. The quantitative estimate of drug-likeness (QED) is 0.167. The predicted molar refractivity (Wildman–Crippen MR) is 174 cm³/mol. The fourth-order valence-corrected chi connectivity index (χ4v) is 6.47. The molecule has 3 heterocycles. The average Bonchev–Trinajstić information content (AvgIpc) is 3.03. The van der Waals surface area contributed by atoms with Gasteiger partial charge in [-0.25, -0.2) is 9.78 Å². The zero-order valence-electron chi connectivity index (χ0n) is 24.5. The molecule has 3 atom stereocenters. The van der Waals surface area contributed by atoms with Gasteiger partial charge in [-0.2, -0.15) is 0 Å². The van der Waals surface area contributed by atoms with E-state index in [2.05, 4.69) is 15.3 Å². The van der Waals surface area contributed by atoms with Crippen LogP contribution in [0.25, 0.3) is 22.3 Å².